The maximum absolute atomic E-state index is 12.0. The van der Waals surface area contributed by atoms with Crippen molar-refractivity contribution in [3.05, 3.63) is 41.4 Å². The van der Waals surface area contributed by atoms with Crippen molar-refractivity contribution >= 4 is 35.5 Å². The fraction of sp³-hybridized carbons (Fsp3) is 0.450. The zero-order valence-electron chi connectivity index (χ0n) is 15.4. The maximum Gasteiger partial charge on any atom is 0.339 e. The summed E-state index contributed by atoms with van der Waals surface area (Å²) < 4.78 is 6.00. The zero-order chi connectivity index (χ0) is 19.9. The molecule has 2 aliphatic rings. The van der Waals surface area contributed by atoms with E-state index in [0.717, 1.165) is 19.3 Å². The smallest absolute Gasteiger partial charge is 0.339 e. The summed E-state index contributed by atoms with van der Waals surface area (Å²) >= 11 is 5.82. The molecule has 1 aromatic carbocycles. The zero-order valence-corrected chi connectivity index (χ0v) is 16.1. The first-order valence-corrected chi connectivity index (χ1v) is 9.78. The standard InChI is InChI=1S/C20H24ClN3O4/c21-13-6-8-14(9-7-13)23-20(27)24-22-12-16-15(17-10-11-18(16)28-17)4-2-1-3-5-19(25)26/h1-2,6-9,12,15-18H,3-5,10-11H2,(H,25,26)(H2,23,24,27)/b2-1-,22-12+/t15-,16+,17+,18-/m1/s1. The summed E-state index contributed by atoms with van der Waals surface area (Å²) in [5.74, 6) is -0.357. The van der Waals surface area contributed by atoms with Crippen LogP contribution in [0.25, 0.3) is 0 Å². The predicted molar refractivity (Wildman–Crippen MR) is 108 cm³/mol. The lowest BCUT2D eigenvalue weighted by Crippen LogP contribution is -2.30. The molecule has 0 spiro atoms. The topological polar surface area (TPSA) is 100 Å². The lowest BCUT2D eigenvalue weighted by molar-refractivity contribution is -0.136. The monoisotopic (exact) mass is 405 g/mol. The van der Waals surface area contributed by atoms with Crippen molar-refractivity contribution in [3.8, 4) is 0 Å². The Kier molecular flexibility index (Phi) is 7.06. The number of anilines is 1. The van der Waals surface area contributed by atoms with Crippen LogP contribution in [0.2, 0.25) is 5.02 Å². The average molecular weight is 406 g/mol. The highest BCUT2D eigenvalue weighted by atomic mass is 35.5. The quantitative estimate of drug-likeness (QED) is 0.345. The van der Waals surface area contributed by atoms with Crippen LogP contribution >= 0.6 is 11.6 Å². The number of benzene rings is 1. The summed E-state index contributed by atoms with van der Waals surface area (Å²) in [7, 11) is 0. The van der Waals surface area contributed by atoms with Gasteiger partial charge in [-0.3, -0.25) is 4.79 Å². The van der Waals surface area contributed by atoms with E-state index in [2.05, 4.69) is 15.8 Å². The van der Waals surface area contributed by atoms with Crippen molar-refractivity contribution in [2.75, 3.05) is 5.32 Å². The van der Waals surface area contributed by atoms with Crippen LogP contribution in [0.4, 0.5) is 10.5 Å². The van der Waals surface area contributed by atoms with Crippen LogP contribution < -0.4 is 10.7 Å². The highest BCUT2D eigenvalue weighted by molar-refractivity contribution is 6.30. The van der Waals surface area contributed by atoms with E-state index in [9.17, 15) is 9.59 Å². The summed E-state index contributed by atoms with van der Waals surface area (Å²) in [6.07, 6.45) is 9.55. The molecule has 2 fully saturated rings. The van der Waals surface area contributed by atoms with Crippen molar-refractivity contribution in [3.63, 3.8) is 0 Å². The van der Waals surface area contributed by atoms with E-state index in [1.54, 1.807) is 30.5 Å². The number of amides is 2. The largest absolute Gasteiger partial charge is 0.481 e. The van der Waals surface area contributed by atoms with Gasteiger partial charge >= 0.3 is 12.0 Å². The predicted octanol–water partition coefficient (Wildman–Crippen LogP) is 4.05. The van der Waals surface area contributed by atoms with Gasteiger partial charge in [0.25, 0.3) is 0 Å². The summed E-state index contributed by atoms with van der Waals surface area (Å²) in [4.78, 5) is 22.5. The second kappa shape index (κ2) is 9.71. The van der Waals surface area contributed by atoms with Gasteiger partial charge in [-0.25, -0.2) is 10.2 Å². The molecule has 3 rings (SSSR count). The molecule has 2 aliphatic heterocycles. The normalized spacial score (nSPS) is 26.2. The molecule has 3 N–H and O–H groups in total. The van der Waals surface area contributed by atoms with Gasteiger partial charge in [0.05, 0.1) is 12.2 Å². The number of urea groups is 1. The Labute approximate surface area is 168 Å². The molecular weight excluding hydrogens is 382 g/mol. The molecule has 7 nitrogen and oxygen atoms in total. The first kappa shape index (κ1) is 20.4. The van der Waals surface area contributed by atoms with Crippen molar-refractivity contribution in [2.24, 2.45) is 16.9 Å². The Balaban J connectivity index is 1.48. The summed E-state index contributed by atoms with van der Waals surface area (Å²) in [5.41, 5.74) is 3.12. The number of carboxylic acids is 1. The first-order chi connectivity index (χ1) is 13.5. The number of allylic oxidation sites excluding steroid dienone is 2. The molecule has 0 saturated carbocycles. The molecule has 150 valence electrons. The number of carboxylic acid groups (broad SMARTS) is 1. The van der Waals surface area contributed by atoms with Gasteiger partial charge in [0.15, 0.2) is 0 Å². The Morgan fingerprint density at radius 1 is 1.21 bits per heavy atom. The number of nitrogens with zero attached hydrogens (tertiary/aromatic N) is 1. The van der Waals surface area contributed by atoms with Gasteiger partial charge < -0.3 is 15.2 Å². The molecule has 2 amide bonds. The minimum atomic E-state index is -0.791. The Morgan fingerprint density at radius 2 is 1.96 bits per heavy atom. The van der Waals surface area contributed by atoms with Crippen molar-refractivity contribution in [1.29, 1.82) is 0 Å². The molecule has 2 bridgehead atoms. The molecule has 2 heterocycles. The fourth-order valence-electron chi connectivity index (χ4n) is 3.78. The highest BCUT2D eigenvalue weighted by Gasteiger charge is 2.47. The van der Waals surface area contributed by atoms with E-state index in [1.165, 1.54) is 0 Å². The number of hydrazone groups is 1. The third-order valence-corrected chi connectivity index (χ3v) is 5.35. The number of hydrogen-bond acceptors (Lipinski definition) is 4. The number of nitrogens with one attached hydrogen (secondary N) is 2. The fourth-order valence-corrected chi connectivity index (χ4v) is 3.90. The minimum Gasteiger partial charge on any atom is -0.481 e. The van der Waals surface area contributed by atoms with E-state index >= 15 is 0 Å². The number of halogens is 1. The number of carbonyl (C=O) groups is 2. The van der Waals surface area contributed by atoms with E-state index < -0.39 is 12.0 Å². The molecule has 0 aromatic heterocycles. The van der Waals surface area contributed by atoms with E-state index in [4.69, 9.17) is 21.4 Å². The number of fused-ring (bicyclic) bond motifs is 2. The molecule has 2 saturated heterocycles. The van der Waals surface area contributed by atoms with Gasteiger partial charge in [-0.1, -0.05) is 23.8 Å². The Bertz CT molecular complexity index is 750. The van der Waals surface area contributed by atoms with Crippen molar-refractivity contribution in [2.45, 2.75) is 44.3 Å². The molecule has 28 heavy (non-hydrogen) atoms. The molecule has 4 atom stereocenters. The number of rotatable bonds is 8. The maximum atomic E-state index is 12.0. The first-order valence-electron chi connectivity index (χ1n) is 9.41. The van der Waals surface area contributed by atoms with Gasteiger partial charge in [-0.15, -0.1) is 0 Å². The van der Waals surface area contributed by atoms with Crippen LogP contribution in [0.1, 0.15) is 32.1 Å². The van der Waals surface area contributed by atoms with Crippen LogP contribution in [0.15, 0.2) is 41.5 Å². The molecule has 0 unspecified atom stereocenters. The van der Waals surface area contributed by atoms with E-state index in [0.29, 0.717) is 23.0 Å². The Morgan fingerprint density at radius 3 is 2.71 bits per heavy atom. The van der Waals surface area contributed by atoms with Gasteiger partial charge in [0.2, 0.25) is 0 Å². The second-order valence-corrected chi connectivity index (χ2v) is 7.46. The lowest BCUT2D eigenvalue weighted by Gasteiger charge is -2.23. The third-order valence-electron chi connectivity index (χ3n) is 5.10. The summed E-state index contributed by atoms with van der Waals surface area (Å²) in [6, 6.07) is 6.39. The number of hydrogen-bond donors (Lipinski definition) is 3. The van der Waals surface area contributed by atoms with E-state index in [-0.39, 0.29) is 24.5 Å². The van der Waals surface area contributed by atoms with Gasteiger partial charge in [-0.2, -0.15) is 5.10 Å². The number of carbonyl (C=O) groups excluding carboxylic acids is 1. The molecule has 1 aromatic rings. The van der Waals surface area contributed by atoms with Crippen LogP contribution in [-0.2, 0) is 9.53 Å². The second-order valence-electron chi connectivity index (χ2n) is 7.02. The Hall–Kier alpha value is -2.38. The van der Waals surface area contributed by atoms with Crippen LogP contribution in [0.3, 0.4) is 0 Å². The SMILES string of the molecule is O=C(O)CC/C=C\C[C@@H]1[C@H](/C=N/NC(=O)Nc2ccc(Cl)cc2)[C@H]2CC[C@@H]1O2. The lowest BCUT2D eigenvalue weighted by atomic mass is 9.78. The van der Waals surface area contributed by atoms with Gasteiger partial charge in [-0.05, 0) is 55.9 Å². The van der Waals surface area contributed by atoms with Gasteiger partial charge in [0, 0.05) is 29.3 Å². The van der Waals surface area contributed by atoms with Crippen molar-refractivity contribution in [1.82, 2.24) is 5.43 Å². The molecule has 0 aliphatic carbocycles. The molecule has 8 heteroatoms. The number of ether oxygens (including phenoxy) is 1. The van der Waals surface area contributed by atoms with Crippen molar-refractivity contribution < 1.29 is 19.4 Å². The van der Waals surface area contributed by atoms with E-state index in [1.807, 2.05) is 12.2 Å². The molecule has 0 radical (unpaired) electrons. The average Bonchev–Trinajstić information content (AvgIpc) is 3.25. The van der Waals surface area contributed by atoms with Crippen LogP contribution in [-0.4, -0.2) is 35.5 Å². The number of aliphatic carboxylic acids is 1. The minimum absolute atomic E-state index is 0.132. The highest BCUT2D eigenvalue weighted by Crippen LogP contribution is 2.44. The molecular formula is C20H24ClN3O4. The summed E-state index contributed by atoms with van der Waals surface area (Å²) in [6.45, 7) is 0. The third kappa shape index (κ3) is 5.56. The summed E-state index contributed by atoms with van der Waals surface area (Å²) in [5, 5.41) is 16.1. The van der Waals surface area contributed by atoms with Crippen LogP contribution in [0.5, 0.6) is 0 Å². The van der Waals surface area contributed by atoms with Crippen LogP contribution in [0, 0.1) is 11.8 Å². The van der Waals surface area contributed by atoms with Gasteiger partial charge in [0.1, 0.15) is 0 Å².